The van der Waals surface area contributed by atoms with E-state index in [0.717, 1.165) is 19.5 Å². The molecule has 108 valence electrons. The van der Waals surface area contributed by atoms with Crippen LogP contribution in [0.1, 0.15) is 43.6 Å². The average Bonchev–Trinajstić information content (AvgIpc) is 2.98. The predicted molar refractivity (Wildman–Crippen MR) is 78.8 cm³/mol. The minimum atomic E-state index is -0.620. The third-order valence-corrected chi connectivity index (χ3v) is 5.05. The summed E-state index contributed by atoms with van der Waals surface area (Å²) >= 11 is 0. The summed E-state index contributed by atoms with van der Waals surface area (Å²) < 4.78 is 0. The summed E-state index contributed by atoms with van der Waals surface area (Å²) in [5, 5.41) is 9.09. The van der Waals surface area contributed by atoms with Gasteiger partial charge in [-0.15, -0.1) is 0 Å². The molecule has 0 bridgehead atoms. The molecule has 2 aliphatic rings. The molecule has 1 saturated heterocycles. The molecule has 1 aromatic rings. The first-order valence-corrected chi connectivity index (χ1v) is 7.76. The van der Waals surface area contributed by atoms with E-state index in [1.807, 2.05) is 0 Å². The molecule has 1 aromatic carbocycles. The molecule has 1 N–H and O–H groups in total. The highest BCUT2D eigenvalue weighted by Crippen LogP contribution is 2.36. The highest BCUT2D eigenvalue weighted by Gasteiger charge is 2.34. The first-order chi connectivity index (χ1) is 9.74. The minimum absolute atomic E-state index is 0.137. The van der Waals surface area contributed by atoms with Gasteiger partial charge in [0.15, 0.2) is 0 Å². The van der Waals surface area contributed by atoms with Crippen LogP contribution in [0.3, 0.4) is 0 Å². The quantitative estimate of drug-likeness (QED) is 0.920. The van der Waals surface area contributed by atoms with Gasteiger partial charge in [0.25, 0.3) is 0 Å². The average molecular weight is 273 g/mol. The van der Waals surface area contributed by atoms with E-state index in [4.69, 9.17) is 5.11 Å². The van der Waals surface area contributed by atoms with Crippen molar-refractivity contribution in [2.24, 2.45) is 5.92 Å². The van der Waals surface area contributed by atoms with Gasteiger partial charge in [0.1, 0.15) is 0 Å². The Morgan fingerprint density at radius 1 is 1.05 bits per heavy atom. The van der Waals surface area contributed by atoms with E-state index in [1.54, 1.807) is 0 Å². The molecule has 0 amide bonds. The van der Waals surface area contributed by atoms with Crippen LogP contribution < -0.4 is 0 Å². The number of benzene rings is 1. The number of hydrogen-bond acceptors (Lipinski definition) is 2. The summed E-state index contributed by atoms with van der Waals surface area (Å²) in [5.41, 5.74) is 1.47. The van der Waals surface area contributed by atoms with Gasteiger partial charge in [0.2, 0.25) is 0 Å². The molecule has 0 spiro atoms. The lowest BCUT2D eigenvalue weighted by Crippen LogP contribution is -2.36. The summed E-state index contributed by atoms with van der Waals surface area (Å²) in [7, 11) is 0. The van der Waals surface area contributed by atoms with Crippen molar-refractivity contribution in [2.75, 3.05) is 13.1 Å². The summed E-state index contributed by atoms with van der Waals surface area (Å²) in [5.74, 6) is -0.0577. The van der Waals surface area contributed by atoms with Crippen molar-refractivity contribution in [1.82, 2.24) is 4.90 Å². The first-order valence-electron chi connectivity index (χ1n) is 7.76. The summed E-state index contributed by atoms with van der Waals surface area (Å²) in [6.07, 6.45) is 5.73. The lowest BCUT2D eigenvalue weighted by molar-refractivity contribution is -0.141. The van der Waals surface area contributed by atoms with E-state index in [-0.39, 0.29) is 5.92 Å². The third-order valence-electron chi connectivity index (χ3n) is 5.05. The molecule has 1 unspecified atom stereocenters. The standard InChI is InChI=1S/C17H23NO2/c19-17(20)15-10-11-18(12-15)16-8-6-14(7-9-16)13-4-2-1-3-5-13/h1-5,14-16H,6-12H2,(H,19,20). The number of hydrogen-bond donors (Lipinski definition) is 1. The van der Waals surface area contributed by atoms with Gasteiger partial charge < -0.3 is 5.11 Å². The van der Waals surface area contributed by atoms with Gasteiger partial charge in [-0.2, -0.15) is 0 Å². The molecule has 20 heavy (non-hydrogen) atoms. The Hall–Kier alpha value is -1.35. The van der Waals surface area contributed by atoms with Gasteiger partial charge >= 0.3 is 5.97 Å². The van der Waals surface area contributed by atoms with Gasteiger partial charge in [-0.1, -0.05) is 30.3 Å². The monoisotopic (exact) mass is 273 g/mol. The van der Waals surface area contributed by atoms with E-state index in [9.17, 15) is 4.79 Å². The highest BCUT2D eigenvalue weighted by atomic mass is 16.4. The minimum Gasteiger partial charge on any atom is -0.481 e. The van der Waals surface area contributed by atoms with Crippen LogP contribution >= 0.6 is 0 Å². The molecule has 1 aliphatic heterocycles. The molecular weight excluding hydrogens is 250 g/mol. The number of carboxylic acid groups (broad SMARTS) is 1. The molecule has 1 saturated carbocycles. The van der Waals surface area contributed by atoms with Crippen LogP contribution in [0.4, 0.5) is 0 Å². The van der Waals surface area contributed by atoms with Crippen molar-refractivity contribution in [1.29, 1.82) is 0 Å². The second-order valence-electron chi connectivity index (χ2n) is 6.23. The fraction of sp³-hybridized carbons (Fsp3) is 0.588. The van der Waals surface area contributed by atoms with E-state index < -0.39 is 5.97 Å². The fourth-order valence-corrected chi connectivity index (χ4v) is 3.82. The molecule has 1 atom stereocenters. The largest absolute Gasteiger partial charge is 0.481 e. The summed E-state index contributed by atoms with van der Waals surface area (Å²) in [4.78, 5) is 13.5. The zero-order valence-electron chi connectivity index (χ0n) is 11.9. The number of rotatable bonds is 3. The SMILES string of the molecule is O=C(O)C1CCN(C2CCC(c3ccccc3)CC2)C1. The zero-order valence-corrected chi connectivity index (χ0v) is 11.9. The molecule has 0 aromatic heterocycles. The number of aliphatic carboxylic acids is 1. The van der Waals surface area contributed by atoms with Crippen LogP contribution in [0, 0.1) is 5.92 Å². The third kappa shape index (κ3) is 2.88. The molecule has 1 aliphatic carbocycles. The topological polar surface area (TPSA) is 40.5 Å². The fourth-order valence-electron chi connectivity index (χ4n) is 3.82. The van der Waals surface area contributed by atoms with Crippen molar-refractivity contribution < 1.29 is 9.90 Å². The Morgan fingerprint density at radius 2 is 1.75 bits per heavy atom. The van der Waals surface area contributed by atoms with Crippen LogP contribution in [0.2, 0.25) is 0 Å². The van der Waals surface area contributed by atoms with E-state index in [0.29, 0.717) is 12.0 Å². The van der Waals surface area contributed by atoms with E-state index >= 15 is 0 Å². The second-order valence-corrected chi connectivity index (χ2v) is 6.23. The molecule has 0 radical (unpaired) electrons. The maximum atomic E-state index is 11.0. The zero-order chi connectivity index (χ0) is 13.9. The van der Waals surface area contributed by atoms with Crippen molar-refractivity contribution in [3.63, 3.8) is 0 Å². The van der Waals surface area contributed by atoms with Gasteiger partial charge in [-0.05, 0) is 50.1 Å². The van der Waals surface area contributed by atoms with Gasteiger partial charge in [0, 0.05) is 12.6 Å². The number of carbonyl (C=O) groups is 1. The van der Waals surface area contributed by atoms with Crippen LogP contribution in [0.5, 0.6) is 0 Å². The van der Waals surface area contributed by atoms with Crippen molar-refractivity contribution in [3.8, 4) is 0 Å². The molecular formula is C17H23NO2. The van der Waals surface area contributed by atoms with Crippen LogP contribution in [0.15, 0.2) is 30.3 Å². The number of nitrogens with zero attached hydrogens (tertiary/aromatic N) is 1. The van der Waals surface area contributed by atoms with Crippen LogP contribution in [-0.4, -0.2) is 35.1 Å². The van der Waals surface area contributed by atoms with Crippen molar-refractivity contribution >= 4 is 5.97 Å². The van der Waals surface area contributed by atoms with E-state index in [2.05, 4.69) is 35.2 Å². The Morgan fingerprint density at radius 3 is 2.35 bits per heavy atom. The summed E-state index contributed by atoms with van der Waals surface area (Å²) in [6.45, 7) is 1.73. The molecule has 3 nitrogen and oxygen atoms in total. The Kier molecular flexibility index (Phi) is 4.06. The maximum Gasteiger partial charge on any atom is 0.307 e. The predicted octanol–water partition coefficient (Wildman–Crippen LogP) is 3.12. The number of likely N-dealkylation sites (tertiary alicyclic amines) is 1. The maximum absolute atomic E-state index is 11.0. The lowest BCUT2D eigenvalue weighted by Gasteiger charge is -2.34. The molecule has 3 heteroatoms. The van der Waals surface area contributed by atoms with Crippen molar-refractivity contribution in [2.45, 2.75) is 44.1 Å². The molecule has 3 rings (SSSR count). The number of carboxylic acids is 1. The first kappa shape index (κ1) is 13.6. The lowest BCUT2D eigenvalue weighted by atomic mass is 9.81. The highest BCUT2D eigenvalue weighted by molar-refractivity contribution is 5.70. The van der Waals surface area contributed by atoms with Gasteiger partial charge in [-0.25, -0.2) is 0 Å². The Bertz CT molecular complexity index is 451. The molecule has 2 fully saturated rings. The smallest absolute Gasteiger partial charge is 0.307 e. The van der Waals surface area contributed by atoms with Crippen LogP contribution in [-0.2, 0) is 4.79 Å². The van der Waals surface area contributed by atoms with E-state index in [1.165, 1.54) is 31.2 Å². The Labute approximate surface area is 120 Å². The Balaban J connectivity index is 1.53. The summed E-state index contributed by atoms with van der Waals surface area (Å²) in [6, 6.07) is 11.4. The normalized spacial score (nSPS) is 31.3. The second kappa shape index (κ2) is 5.96. The van der Waals surface area contributed by atoms with Crippen LogP contribution in [0.25, 0.3) is 0 Å². The van der Waals surface area contributed by atoms with Gasteiger partial charge in [0.05, 0.1) is 5.92 Å². The molecule has 1 heterocycles. The van der Waals surface area contributed by atoms with Gasteiger partial charge in [-0.3, -0.25) is 9.69 Å². The van der Waals surface area contributed by atoms with Crippen molar-refractivity contribution in [3.05, 3.63) is 35.9 Å².